The molecular formula is C9H14F2N4. The van der Waals surface area contributed by atoms with E-state index < -0.39 is 5.92 Å². The van der Waals surface area contributed by atoms with Crippen LogP contribution in [0.5, 0.6) is 0 Å². The number of anilines is 1. The van der Waals surface area contributed by atoms with Crippen LogP contribution in [0.1, 0.15) is 13.8 Å². The van der Waals surface area contributed by atoms with Gasteiger partial charge in [-0.15, -0.1) is 5.10 Å². The van der Waals surface area contributed by atoms with E-state index in [0.717, 1.165) is 6.54 Å². The lowest BCUT2D eigenvalue weighted by molar-refractivity contribution is -0.0267. The Morgan fingerprint density at radius 3 is 2.67 bits per heavy atom. The zero-order chi connectivity index (χ0) is 11.1. The maximum absolute atomic E-state index is 12.6. The molecule has 2 rings (SSSR count). The summed E-state index contributed by atoms with van der Waals surface area (Å²) in [7, 11) is 0. The van der Waals surface area contributed by atoms with Gasteiger partial charge in [0.15, 0.2) is 5.82 Å². The van der Waals surface area contributed by atoms with Crippen molar-refractivity contribution in [3.8, 4) is 0 Å². The third kappa shape index (κ3) is 2.24. The first-order valence-electron chi connectivity index (χ1n) is 4.99. The van der Waals surface area contributed by atoms with Crippen molar-refractivity contribution in [2.45, 2.75) is 26.3 Å². The van der Waals surface area contributed by atoms with Crippen LogP contribution in [0.4, 0.5) is 14.6 Å². The van der Waals surface area contributed by atoms with E-state index in [9.17, 15) is 8.78 Å². The molecule has 1 aliphatic heterocycles. The SMILES string of the molecule is CC(C)Cn1cc(N2CC(F)(F)C2)nn1. The molecule has 0 aliphatic carbocycles. The fraction of sp³-hybridized carbons (Fsp3) is 0.778. The molecule has 0 saturated carbocycles. The highest BCUT2D eigenvalue weighted by molar-refractivity contribution is 5.40. The van der Waals surface area contributed by atoms with Crippen LogP contribution in [0.3, 0.4) is 0 Å². The molecule has 0 N–H and O–H groups in total. The van der Waals surface area contributed by atoms with E-state index >= 15 is 0 Å². The minimum absolute atomic E-state index is 0.243. The normalized spacial score (nSPS) is 19.4. The topological polar surface area (TPSA) is 34.0 Å². The molecule has 1 saturated heterocycles. The quantitative estimate of drug-likeness (QED) is 0.765. The standard InChI is InChI=1S/C9H14F2N4/c1-7(2)3-15-4-8(12-13-15)14-5-9(10,11)6-14/h4,7H,3,5-6H2,1-2H3. The van der Waals surface area contributed by atoms with Crippen LogP contribution in [0, 0.1) is 5.92 Å². The van der Waals surface area contributed by atoms with E-state index in [1.807, 2.05) is 0 Å². The zero-order valence-corrected chi connectivity index (χ0v) is 8.82. The minimum Gasteiger partial charge on any atom is -0.342 e. The Morgan fingerprint density at radius 2 is 2.13 bits per heavy atom. The van der Waals surface area contributed by atoms with Gasteiger partial charge in [-0.1, -0.05) is 19.1 Å². The van der Waals surface area contributed by atoms with Crippen molar-refractivity contribution in [3.05, 3.63) is 6.20 Å². The molecule has 0 amide bonds. The lowest BCUT2D eigenvalue weighted by Crippen LogP contribution is -2.56. The number of hydrogen-bond acceptors (Lipinski definition) is 3. The summed E-state index contributed by atoms with van der Waals surface area (Å²) in [6.07, 6.45) is 1.72. The van der Waals surface area contributed by atoms with Crippen molar-refractivity contribution in [2.24, 2.45) is 5.92 Å². The highest BCUT2D eigenvalue weighted by Gasteiger charge is 2.44. The highest BCUT2D eigenvalue weighted by atomic mass is 19.3. The maximum Gasteiger partial charge on any atom is 0.282 e. The monoisotopic (exact) mass is 216 g/mol. The molecule has 1 aromatic rings. The van der Waals surface area contributed by atoms with Gasteiger partial charge in [-0.25, -0.2) is 8.78 Å². The predicted octanol–water partition coefficient (Wildman–Crippen LogP) is 1.39. The molecule has 1 aliphatic rings. The molecule has 0 spiro atoms. The minimum atomic E-state index is -2.55. The van der Waals surface area contributed by atoms with E-state index in [-0.39, 0.29) is 13.1 Å². The van der Waals surface area contributed by atoms with Gasteiger partial charge >= 0.3 is 0 Å². The van der Waals surface area contributed by atoms with E-state index in [4.69, 9.17) is 0 Å². The van der Waals surface area contributed by atoms with Crippen LogP contribution in [0.15, 0.2) is 6.20 Å². The van der Waals surface area contributed by atoms with Crippen LogP contribution in [-0.2, 0) is 6.54 Å². The van der Waals surface area contributed by atoms with Crippen molar-refractivity contribution in [3.63, 3.8) is 0 Å². The van der Waals surface area contributed by atoms with Gasteiger partial charge in [-0.3, -0.25) is 4.68 Å². The van der Waals surface area contributed by atoms with Gasteiger partial charge in [-0.2, -0.15) is 0 Å². The third-order valence-electron chi connectivity index (χ3n) is 2.25. The summed E-state index contributed by atoms with van der Waals surface area (Å²) in [5.41, 5.74) is 0. The molecule has 1 fully saturated rings. The molecule has 0 atom stereocenters. The molecule has 4 nitrogen and oxygen atoms in total. The molecule has 2 heterocycles. The van der Waals surface area contributed by atoms with Crippen molar-refractivity contribution in [2.75, 3.05) is 18.0 Å². The number of hydrogen-bond donors (Lipinski definition) is 0. The summed E-state index contributed by atoms with van der Waals surface area (Å²) in [5.74, 6) is -1.54. The Morgan fingerprint density at radius 1 is 1.47 bits per heavy atom. The average Bonchev–Trinajstić information content (AvgIpc) is 2.47. The molecule has 15 heavy (non-hydrogen) atoms. The Balaban J connectivity index is 1.97. The molecule has 0 radical (unpaired) electrons. The van der Waals surface area contributed by atoms with Crippen molar-refractivity contribution < 1.29 is 8.78 Å². The van der Waals surface area contributed by atoms with Gasteiger partial charge in [0.25, 0.3) is 5.92 Å². The van der Waals surface area contributed by atoms with Crippen LogP contribution < -0.4 is 4.90 Å². The third-order valence-corrected chi connectivity index (χ3v) is 2.25. The first-order valence-corrected chi connectivity index (χ1v) is 4.99. The number of halogens is 2. The van der Waals surface area contributed by atoms with Crippen LogP contribution in [0.25, 0.3) is 0 Å². The lowest BCUT2D eigenvalue weighted by Gasteiger charge is -2.38. The fourth-order valence-corrected chi connectivity index (χ4v) is 1.57. The number of aromatic nitrogens is 3. The summed E-state index contributed by atoms with van der Waals surface area (Å²) in [5, 5.41) is 7.75. The molecular weight excluding hydrogens is 202 g/mol. The molecule has 0 unspecified atom stereocenters. The van der Waals surface area contributed by atoms with Crippen molar-refractivity contribution in [1.82, 2.24) is 15.0 Å². The Labute approximate surface area is 86.9 Å². The second-order valence-corrected chi connectivity index (χ2v) is 4.40. The first kappa shape index (κ1) is 10.3. The number of alkyl halides is 2. The summed E-state index contributed by atoms with van der Waals surface area (Å²) < 4.78 is 26.9. The number of nitrogens with zero attached hydrogens (tertiary/aromatic N) is 4. The van der Waals surface area contributed by atoms with E-state index in [0.29, 0.717) is 11.7 Å². The molecule has 6 heteroatoms. The molecule has 84 valence electrons. The number of rotatable bonds is 3. The fourth-order valence-electron chi connectivity index (χ4n) is 1.57. The Bertz CT molecular complexity index is 340. The second kappa shape index (κ2) is 3.43. The molecule has 0 bridgehead atoms. The summed E-state index contributed by atoms with van der Waals surface area (Å²) in [6.45, 7) is 4.41. The van der Waals surface area contributed by atoms with Gasteiger partial charge in [0.05, 0.1) is 19.3 Å². The van der Waals surface area contributed by atoms with Crippen molar-refractivity contribution in [1.29, 1.82) is 0 Å². The van der Waals surface area contributed by atoms with Gasteiger partial charge in [0.1, 0.15) is 0 Å². The summed E-state index contributed by atoms with van der Waals surface area (Å²) in [4.78, 5) is 1.53. The second-order valence-electron chi connectivity index (χ2n) is 4.40. The van der Waals surface area contributed by atoms with Crippen LogP contribution >= 0.6 is 0 Å². The van der Waals surface area contributed by atoms with Crippen LogP contribution in [0.2, 0.25) is 0 Å². The van der Waals surface area contributed by atoms with E-state index in [1.54, 1.807) is 10.9 Å². The summed E-state index contributed by atoms with van der Waals surface area (Å²) in [6, 6.07) is 0. The highest BCUT2D eigenvalue weighted by Crippen LogP contribution is 2.30. The average molecular weight is 216 g/mol. The molecule has 0 aromatic carbocycles. The van der Waals surface area contributed by atoms with Gasteiger partial charge in [0, 0.05) is 6.54 Å². The lowest BCUT2D eigenvalue weighted by atomic mass is 10.1. The van der Waals surface area contributed by atoms with E-state index in [2.05, 4.69) is 24.2 Å². The van der Waals surface area contributed by atoms with Gasteiger partial charge in [-0.05, 0) is 5.92 Å². The van der Waals surface area contributed by atoms with Gasteiger partial charge < -0.3 is 4.90 Å². The maximum atomic E-state index is 12.6. The Hall–Kier alpha value is -1.20. The molecule has 1 aromatic heterocycles. The smallest absolute Gasteiger partial charge is 0.282 e. The van der Waals surface area contributed by atoms with Crippen LogP contribution in [-0.4, -0.2) is 34.0 Å². The predicted molar refractivity (Wildman–Crippen MR) is 52.0 cm³/mol. The van der Waals surface area contributed by atoms with Crippen molar-refractivity contribution >= 4 is 5.82 Å². The first-order chi connectivity index (χ1) is 6.96. The van der Waals surface area contributed by atoms with Gasteiger partial charge in [0.2, 0.25) is 0 Å². The largest absolute Gasteiger partial charge is 0.342 e. The summed E-state index contributed by atoms with van der Waals surface area (Å²) >= 11 is 0. The zero-order valence-electron chi connectivity index (χ0n) is 8.82. The Kier molecular flexibility index (Phi) is 2.36. The van der Waals surface area contributed by atoms with E-state index in [1.165, 1.54) is 4.90 Å².